The fourth-order valence-electron chi connectivity index (χ4n) is 5.47. The van der Waals surface area contributed by atoms with Crippen LogP contribution >= 0.6 is 27.5 Å². The number of piperazine rings is 1. The summed E-state index contributed by atoms with van der Waals surface area (Å²) in [6.07, 6.45) is 12.7. The van der Waals surface area contributed by atoms with Gasteiger partial charge in [-0.15, -0.1) is 12.2 Å². The van der Waals surface area contributed by atoms with Crippen molar-refractivity contribution in [2.45, 2.75) is 45.6 Å². The van der Waals surface area contributed by atoms with Crippen LogP contribution in [0.5, 0.6) is 0 Å². The zero-order valence-electron chi connectivity index (χ0n) is 18.0. The lowest BCUT2D eigenvalue weighted by atomic mass is 9.67. The van der Waals surface area contributed by atoms with Crippen LogP contribution in [0, 0.1) is 11.3 Å². The van der Waals surface area contributed by atoms with Gasteiger partial charge < -0.3 is 10.2 Å². The lowest BCUT2D eigenvalue weighted by molar-refractivity contribution is -0.133. The van der Waals surface area contributed by atoms with Gasteiger partial charge in [-0.05, 0) is 31.3 Å². The number of alkyl halides is 1. The van der Waals surface area contributed by atoms with Gasteiger partial charge in [0.1, 0.15) is 0 Å². The predicted octanol–water partition coefficient (Wildman–Crippen LogP) is 5.37. The summed E-state index contributed by atoms with van der Waals surface area (Å²) in [5, 5.41) is 6.86. The summed E-state index contributed by atoms with van der Waals surface area (Å²) < 4.78 is 0. The Morgan fingerprint density at radius 2 is 2.10 bits per heavy atom. The van der Waals surface area contributed by atoms with E-state index < -0.39 is 0 Å². The quantitative estimate of drug-likeness (QED) is 0.494. The van der Waals surface area contributed by atoms with Crippen molar-refractivity contribution in [3.05, 3.63) is 51.5 Å². The van der Waals surface area contributed by atoms with Crippen molar-refractivity contribution in [2.24, 2.45) is 11.3 Å². The van der Waals surface area contributed by atoms with Crippen LogP contribution in [0.4, 0.5) is 0 Å². The summed E-state index contributed by atoms with van der Waals surface area (Å²) in [4.78, 5) is 17.0. The van der Waals surface area contributed by atoms with E-state index in [1.165, 1.54) is 16.8 Å². The van der Waals surface area contributed by atoms with E-state index in [1.54, 1.807) is 0 Å². The van der Waals surface area contributed by atoms with Crippen LogP contribution in [0.3, 0.4) is 0 Å². The highest BCUT2D eigenvalue weighted by atomic mass is 79.9. The van der Waals surface area contributed by atoms with Gasteiger partial charge in [0.25, 0.3) is 0 Å². The molecule has 0 bridgehead atoms. The summed E-state index contributed by atoms with van der Waals surface area (Å²) in [5.74, 6) is 0.683. The van der Waals surface area contributed by atoms with Gasteiger partial charge in [-0.3, -0.25) is 9.69 Å². The highest BCUT2D eigenvalue weighted by Gasteiger charge is 2.45. The van der Waals surface area contributed by atoms with Crippen LogP contribution in [0.1, 0.15) is 39.5 Å². The van der Waals surface area contributed by atoms with Crippen molar-refractivity contribution in [2.75, 3.05) is 38.1 Å². The Morgan fingerprint density at radius 3 is 2.80 bits per heavy atom. The first-order valence-corrected chi connectivity index (χ1v) is 12.7. The van der Waals surface area contributed by atoms with Crippen LogP contribution in [-0.2, 0) is 4.79 Å². The zero-order valence-corrected chi connectivity index (χ0v) is 20.4. The Kier molecular flexibility index (Phi) is 6.81. The number of nitrogens with zero attached hydrogens (tertiary/aromatic N) is 3. The molecule has 1 fully saturated rings. The van der Waals surface area contributed by atoms with Crippen molar-refractivity contribution in [1.82, 2.24) is 9.80 Å². The molecular formula is C24H32BrClN3O-. The largest absolute Gasteiger partial charge is 0.683 e. The summed E-state index contributed by atoms with van der Waals surface area (Å²) in [7, 11) is 0. The second-order valence-corrected chi connectivity index (χ2v) is 10.1. The first-order chi connectivity index (χ1) is 14.5. The molecule has 3 atom stereocenters. The number of carbonyl (C=O) groups is 1. The van der Waals surface area contributed by atoms with E-state index in [1.807, 2.05) is 4.90 Å². The Hall–Kier alpha value is -1.04. The Balaban J connectivity index is 1.66. The summed E-state index contributed by atoms with van der Waals surface area (Å²) >= 11 is 10.0. The van der Waals surface area contributed by atoms with E-state index in [-0.39, 0.29) is 11.5 Å². The van der Waals surface area contributed by atoms with Crippen molar-refractivity contribution >= 4 is 33.4 Å². The minimum absolute atomic E-state index is 0.0473. The molecule has 0 aromatic carbocycles. The second-order valence-electron chi connectivity index (χ2n) is 9.13. The van der Waals surface area contributed by atoms with Crippen LogP contribution in [0.2, 0.25) is 0 Å². The van der Waals surface area contributed by atoms with E-state index in [0.717, 1.165) is 62.3 Å². The van der Waals surface area contributed by atoms with Gasteiger partial charge in [-0.2, -0.15) is 0 Å². The molecule has 6 heteroatoms. The molecule has 0 N–H and O–H groups in total. The minimum atomic E-state index is -0.0473. The molecule has 0 aromatic heterocycles. The fourth-order valence-corrected chi connectivity index (χ4v) is 6.02. The molecule has 0 radical (unpaired) electrons. The topological polar surface area (TPSA) is 37.7 Å². The van der Waals surface area contributed by atoms with Crippen LogP contribution in [-0.4, -0.2) is 59.8 Å². The lowest BCUT2D eigenvalue weighted by Gasteiger charge is -2.53. The van der Waals surface area contributed by atoms with Gasteiger partial charge in [0.15, 0.2) is 0 Å². The maximum absolute atomic E-state index is 12.4. The molecule has 30 heavy (non-hydrogen) atoms. The molecule has 4 rings (SSSR count). The maximum atomic E-state index is 12.4. The van der Waals surface area contributed by atoms with Gasteiger partial charge >= 0.3 is 0 Å². The number of hydrogen-bond donors (Lipinski definition) is 0. The molecule has 4 aliphatic rings. The molecule has 0 saturated carbocycles. The molecule has 0 spiro atoms. The third kappa shape index (κ3) is 4.18. The maximum Gasteiger partial charge on any atom is 0.222 e. The SMILES string of the molecule is CCCC(=O)N1CCN(C2C3=C(C=C(CBr)C[N-]3)CCC3C=C(Cl)C=CC32C)CC1. The summed E-state index contributed by atoms with van der Waals surface area (Å²) in [5.41, 5.74) is 3.95. The first-order valence-electron chi connectivity index (χ1n) is 11.2. The molecule has 2 heterocycles. The fraction of sp³-hybridized carbons (Fsp3) is 0.625. The van der Waals surface area contributed by atoms with E-state index >= 15 is 0 Å². The lowest BCUT2D eigenvalue weighted by Crippen LogP contribution is -2.57. The molecule has 2 aliphatic carbocycles. The first kappa shape index (κ1) is 22.2. The molecule has 0 aromatic rings. The van der Waals surface area contributed by atoms with Gasteiger partial charge in [-0.25, -0.2) is 0 Å². The van der Waals surface area contributed by atoms with Crippen LogP contribution in [0.15, 0.2) is 46.2 Å². The summed E-state index contributed by atoms with van der Waals surface area (Å²) in [6, 6.07) is 0.216. The second kappa shape index (κ2) is 9.22. The molecule has 164 valence electrons. The molecule has 1 amide bonds. The molecule has 1 saturated heterocycles. The van der Waals surface area contributed by atoms with E-state index in [9.17, 15) is 4.79 Å². The highest BCUT2D eigenvalue weighted by Crippen LogP contribution is 2.51. The van der Waals surface area contributed by atoms with Crippen LogP contribution < -0.4 is 0 Å². The number of carbonyl (C=O) groups excluding carboxylic acids is 1. The van der Waals surface area contributed by atoms with Gasteiger partial charge in [0.2, 0.25) is 5.91 Å². The molecule has 3 unspecified atom stereocenters. The monoisotopic (exact) mass is 492 g/mol. The molecule has 2 aliphatic heterocycles. The van der Waals surface area contributed by atoms with Crippen molar-refractivity contribution in [3.63, 3.8) is 0 Å². The number of allylic oxidation sites excluding steroid dienone is 5. The Bertz CT molecular complexity index is 809. The number of rotatable bonds is 4. The van der Waals surface area contributed by atoms with E-state index in [0.29, 0.717) is 18.2 Å². The van der Waals surface area contributed by atoms with E-state index in [4.69, 9.17) is 16.9 Å². The minimum Gasteiger partial charge on any atom is -0.683 e. The van der Waals surface area contributed by atoms with Gasteiger partial charge in [0.05, 0.1) is 0 Å². The standard InChI is InChI=1S/C24H32BrClN3O/c1-3-4-21(30)28-9-11-29(12-10-28)23-22-18(13-17(15-25)16-27-22)5-6-19-14-20(26)7-8-24(19,23)2/h7-8,13-14,19,23H,3-6,9-12,15-16H2,1-2H3/q-1. The smallest absolute Gasteiger partial charge is 0.222 e. The zero-order chi connectivity index (χ0) is 21.3. The summed E-state index contributed by atoms with van der Waals surface area (Å²) in [6.45, 7) is 8.63. The normalized spacial score (nSPS) is 31.9. The Labute approximate surface area is 194 Å². The van der Waals surface area contributed by atoms with E-state index in [2.05, 4.69) is 59.0 Å². The number of hydrogen-bond acceptors (Lipinski definition) is 2. The van der Waals surface area contributed by atoms with Crippen molar-refractivity contribution in [3.8, 4) is 0 Å². The third-order valence-electron chi connectivity index (χ3n) is 7.16. The Morgan fingerprint density at radius 1 is 1.33 bits per heavy atom. The van der Waals surface area contributed by atoms with Crippen molar-refractivity contribution in [1.29, 1.82) is 0 Å². The number of halogens is 2. The van der Waals surface area contributed by atoms with Gasteiger partial charge in [-0.1, -0.05) is 70.8 Å². The molecular weight excluding hydrogens is 462 g/mol. The number of fused-ring (bicyclic) bond motifs is 1. The van der Waals surface area contributed by atoms with Gasteiger partial charge in [0, 0.05) is 54.4 Å². The van der Waals surface area contributed by atoms with Crippen LogP contribution in [0.25, 0.3) is 5.32 Å². The third-order valence-corrected chi connectivity index (χ3v) is 8.13. The average Bonchev–Trinajstić information content (AvgIpc) is 2.87. The molecule has 4 nitrogen and oxygen atoms in total. The number of amides is 1. The predicted molar refractivity (Wildman–Crippen MR) is 128 cm³/mol. The van der Waals surface area contributed by atoms with Crippen molar-refractivity contribution < 1.29 is 4.79 Å². The average molecular weight is 494 g/mol. The highest BCUT2D eigenvalue weighted by molar-refractivity contribution is 9.09.